The smallest absolute Gasteiger partial charge is 0.251 e. The third-order valence-corrected chi connectivity index (χ3v) is 3.39. The molecule has 0 radical (unpaired) electrons. The molecule has 4 heteroatoms. The van der Waals surface area contributed by atoms with Crippen LogP contribution in [-0.4, -0.2) is 22.2 Å². The molecule has 1 heterocycles. The van der Waals surface area contributed by atoms with E-state index in [9.17, 15) is 4.79 Å². The Balaban J connectivity index is 2.05. The van der Waals surface area contributed by atoms with Gasteiger partial charge in [-0.1, -0.05) is 13.8 Å². The molecule has 0 atom stereocenters. The van der Waals surface area contributed by atoms with Crippen molar-refractivity contribution in [3.8, 4) is 5.69 Å². The number of aromatic nitrogens is 2. The van der Waals surface area contributed by atoms with Crippen molar-refractivity contribution in [3.63, 3.8) is 0 Å². The van der Waals surface area contributed by atoms with Gasteiger partial charge in [-0.05, 0) is 56.5 Å². The molecular formula is C17H23N3O. The van der Waals surface area contributed by atoms with Gasteiger partial charge < -0.3 is 5.32 Å². The zero-order valence-corrected chi connectivity index (χ0v) is 13.2. The molecule has 0 aliphatic carbocycles. The first-order valence-corrected chi connectivity index (χ1v) is 7.39. The highest BCUT2D eigenvalue weighted by Crippen LogP contribution is 2.13. The van der Waals surface area contributed by atoms with Crippen molar-refractivity contribution in [2.45, 2.75) is 34.1 Å². The van der Waals surface area contributed by atoms with Gasteiger partial charge in [0.2, 0.25) is 0 Å². The lowest BCUT2D eigenvalue weighted by molar-refractivity contribution is 0.0952. The number of amides is 1. The van der Waals surface area contributed by atoms with Gasteiger partial charge in [0, 0.05) is 17.8 Å². The molecule has 0 aliphatic heterocycles. The van der Waals surface area contributed by atoms with Gasteiger partial charge in [0.05, 0.1) is 11.4 Å². The van der Waals surface area contributed by atoms with E-state index in [4.69, 9.17) is 0 Å². The van der Waals surface area contributed by atoms with E-state index >= 15 is 0 Å². The van der Waals surface area contributed by atoms with Crippen LogP contribution in [0.1, 0.15) is 42.0 Å². The first kappa shape index (κ1) is 15.3. The van der Waals surface area contributed by atoms with Crippen LogP contribution in [0, 0.1) is 19.8 Å². The van der Waals surface area contributed by atoms with Crippen molar-refractivity contribution in [1.29, 1.82) is 0 Å². The normalized spacial score (nSPS) is 10.9. The Morgan fingerprint density at radius 3 is 2.43 bits per heavy atom. The molecule has 1 amide bonds. The largest absolute Gasteiger partial charge is 0.352 e. The number of hydrogen-bond acceptors (Lipinski definition) is 2. The van der Waals surface area contributed by atoms with E-state index in [1.165, 1.54) is 0 Å². The van der Waals surface area contributed by atoms with Gasteiger partial charge in [-0.2, -0.15) is 5.10 Å². The van der Waals surface area contributed by atoms with Gasteiger partial charge >= 0.3 is 0 Å². The van der Waals surface area contributed by atoms with E-state index in [2.05, 4.69) is 24.3 Å². The molecule has 1 aromatic heterocycles. The summed E-state index contributed by atoms with van der Waals surface area (Å²) in [5.74, 6) is 0.578. The summed E-state index contributed by atoms with van der Waals surface area (Å²) in [6, 6.07) is 9.58. The number of carbonyl (C=O) groups is 1. The number of carbonyl (C=O) groups excluding carboxylic acids is 1. The van der Waals surface area contributed by atoms with Crippen molar-refractivity contribution in [3.05, 3.63) is 47.3 Å². The lowest BCUT2D eigenvalue weighted by Gasteiger charge is -2.08. The quantitative estimate of drug-likeness (QED) is 0.916. The SMILES string of the molecule is Cc1cc(C)n(-c2ccc(C(=O)NCCC(C)C)cc2)n1. The summed E-state index contributed by atoms with van der Waals surface area (Å²) in [5, 5.41) is 7.38. The first-order chi connectivity index (χ1) is 9.97. The van der Waals surface area contributed by atoms with E-state index in [1.54, 1.807) is 0 Å². The van der Waals surface area contributed by atoms with Crippen LogP contribution in [0.3, 0.4) is 0 Å². The summed E-state index contributed by atoms with van der Waals surface area (Å²) in [6.45, 7) is 9.01. The summed E-state index contributed by atoms with van der Waals surface area (Å²) in [7, 11) is 0. The first-order valence-electron chi connectivity index (χ1n) is 7.39. The highest BCUT2D eigenvalue weighted by Gasteiger charge is 2.07. The van der Waals surface area contributed by atoms with Gasteiger partial charge in [-0.25, -0.2) is 4.68 Å². The molecule has 0 aliphatic rings. The predicted molar refractivity (Wildman–Crippen MR) is 84.8 cm³/mol. The van der Waals surface area contributed by atoms with Crippen LogP contribution >= 0.6 is 0 Å². The second-order valence-electron chi connectivity index (χ2n) is 5.82. The standard InChI is InChI=1S/C17H23N3O/c1-12(2)9-10-18-17(21)15-5-7-16(8-6-15)20-14(4)11-13(3)19-20/h5-8,11-12H,9-10H2,1-4H3,(H,18,21). The predicted octanol–water partition coefficient (Wildman–Crippen LogP) is 3.27. The number of aryl methyl sites for hydroxylation is 2. The van der Waals surface area contributed by atoms with Crippen molar-refractivity contribution < 1.29 is 4.79 Å². The van der Waals surface area contributed by atoms with Crippen molar-refractivity contribution >= 4 is 5.91 Å². The maximum atomic E-state index is 12.0. The summed E-state index contributed by atoms with van der Waals surface area (Å²) in [4.78, 5) is 12.0. The Morgan fingerprint density at radius 1 is 1.24 bits per heavy atom. The zero-order valence-electron chi connectivity index (χ0n) is 13.2. The molecule has 0 fully saturated rings. The molecular weight excluding hydrogens is 262 g/mol. The molecule has 21 heavy (non-hydrogen) atoms. The molecule has 2 aromatic rings. The fourth-order valence-corrected chi connectivity index (χ4v) is 2.22. The lowest BCUT2D eigenvalue weighted by atomic mass is 10.1. The van der Waals surface area contributed by atoms with Crippen molar-refractivity contribution in [1.82, 2.24) is 15.1 Å². The Bertz CT molecular complexity index is 611. The van der Waals surface area contributed by atoms with Crippen molar-refractivity contribution in [2.75, 3.05) is 6.54 Å². The third kappa shape index (κ3) is 3.94. The highest BCUT2D eigenvalue weighted by atomic mass is 16.1. The fourth-order valence-electron chi connectivity index (χ4n) is 2.22. The van der Waals surface area contributed by atoms with Crippen molar-refractivity contribution in [2.24, 2.45) is 5.92 Å². The molecule has 1 aromatic carbocycles. The van der Waals surface area contributed by atoms with Crippen LogP contribution < -0.4 is 5.32 Å². The summed E-state index contributed by atoms with van der Waals surface area (Å²) < 4.78 is 1.88. The second-order valence-corrected chi connectivity index (χ2v) is 5.82. The molecule has 1 N–H and O–H groups in total. The van der Waals surface area contributed by atoms with Crippen LogP contribution in [0.25, 0.3) is 5.69 Å². The molecule has 2 rings (SSSR count). The minimum atomic E-state index is -0.0180. The fraction of sp³-hybridized carbons (Fsp3) is 0.412. The Labute approximate surface area is 126 Å². The molecule has 4 nitrogen and oxygen atoms in total. The number of rotatable bonds is 5. The minimum absolute atomic E-state index is 0.0180. The second kappa shape index (κ2) is 6.57. The average Bonchev–Trinajstić information content (AvgIpc) is 2.77. The van der Waals surface area contributed by atoms with Crippen LogP contribution in [0.5, 0.6) is 0 Å². The summed E-state index contributed by atoms with van der Waals surface area (Å²) in [6.07, 6.45) is 0.996. The highest BCUT2D eigenvalue weighted by molar-refractivity contribution is 5.94. The van der Waals surface area contributed by atoms with Gasteiger partial charge in [-0.3, -0.25) is 4.79 Å². The van der Waals surface area contributed by atoms with Crippen LogP contribution in [-0.2, 0) is 0 Å². The van der Waals surface area contributed by atoms with E-state index < -0.39 is 0 Å². The molecule has 0 saturated carbocycles. The van der Waals surface area contributed by atoms with Crippen LogP contribution in [0.2, 0.25) is 0 Å². The summed E-state index contributed by atoms with van der Waals surface area (Å²) >= 11 is 0. The maximum Gasteiger partial charge on any atom is 0.251 e. The van der Waals surface area contributed by atoms with Crippen LogP contribution in [0.15, 0.2) is 30.3 Å². The minimum Gasteiger partial charge on any atom is -0.352 e. The van der Waals surface area contributed by atoms with E-state index in [0.717, 1.165) is 30.0 Å². The topological polar surface area (TPSA) is 46.9 Å². The molecule has 112 valence electrons. The van der Waals surface area contributed by atoms with Gasteiger partial charge in [-0.15, -0.1) is 0 Å². The molecule has 0 spiro atoms. The van der Waals surface area contributed by atoms with Gasteiger partial charge in [0.25, 0.3) is 5.91 Å². The average molecular weight is 285 g/mol. The number of hydrogen-bond donors (Lipinski definition) is 1. The third-order valence-electron chi connectivity index (χ3n) is 3.39. The number of benzene rings is 1. The van der Waals surface area contributed by atoms with Gasteiger partial charge in [0.15, 0.2) is 0 Å². The van der Waals surface area contributed by atoms with Crippen LogP contribution in [0.4, 0.5) is 0 Å². The lowest BCUT2D eigenvalue weighted by Crippen LogP contribution is -2.25. The van der Waals surface area contributed by atoms with E-state index in [0.29, 0.717) is 11.5 Å². The maximum absolute atomic E-state index is 12.0. The van der Waals surface area contributed by atoms with E-state index in [1.807, 2.05) is 48.9 Å². The van der Waals surface area contributed by atoms with E-state index in [-0.39, 0.29) is 5.91 Å². The Kier molecular flexibility index (Phi) is 4.78. The molecule has 0 saturated heterocycles. The molecule has 0 bridgehead atoms. The number of nitrogens with zero attached hydrogens (tertiary/aromatic N) is 2. The van der Waals surface area contributed by atoms with Gasteiger partial charge in [0.1, 0.15) is 0 Å². The number of nitrogens with one attached hydrogen (secondary N) is 1. The molecule has 0 unspecified atom stereocenters. The Hall–Kier alpha value is -2.10. The Morgan fingerprint density at radius 2 is 1.90 bits per heavy atom. The summed E-state index contributed by atoms with van der Waals surface area (Å²) in [5.41, 5.74) is 3.73. The zero-order chi connectivity index (χ0) is 15.4. The monoisotopic (exact) mass is 285 g/mol.